The number of benzene rings is 12. The van der Waals surface area contributed by atoms with Crippen molar-refractivity contribution in [1.29, 1.82) is 0 Å². The number of nitrogens with zero attached hydrogens (tertiary/aromatic N) is 10. The molecule has 0 saturated carbocycles. The van der Waals surface area contributed by atoms with Crippen LogP contribution in [0.5, 0.6) is 0 Å². The second-order valence-corrected chi connectivity index (χ2v) is 23.1. The highest BCUT2D eigenvalue weighted by molar-refractivity contribution is 5.97. The Kier molecular flexibility index (Phi) is 11.9. The van der Waals surface area contributed by atoms with Crippen molar-refractivity contribution in [2.45, 2.75) is 5.41 Å². The van der Waals surface area contributed by atoms with Crippen molar-refractivity contribution >= 4 is 22.1 Å². The van der Waals surface area contributed by atoms with Gasteiger partial charge in [-0.3, -0.25) is 9.13 Å². The molecular weight excluding hydrogens is 1110 g/mol. The highest BCUT2D eigenvalue weighted by Gasteiger charge is 2.52. The van der Waals surface area contributed by atoms with Crippen LogP contribution >= 0.6 is 0 Å². The van der Waals surface area contributed by atoms with Crippen LogP contribution in [0.3, 0.4) is 0 Å². The molecule has 10 nitrogen and oxygen atoms in total. The first-order valence-corrected chi connectivity index (χ1v) is 30.5. The molecule has 2 aliphatic carbocycles. The molecule has 0 radical (unpaired) electrons. The maximum Gasteiger partial charge on any atom is 0.240 e. The summed E-state index contributed by atoms with van der Waals surface area (Å²) in [5, 5.41) is 0. The summed E-state index contributed by atoms with van der Waals surface area (Å²) in [5.41, 5.74) is 21.6. The van der Waals surface area contributed by atoms with Gasteiger partial charge < -0.3 is 0 Å². The molecule has 0 saturated heterocycles. The van der Waals surface area contributed by atoms with Gasteiger partial charge in [-0.25, -0.2) is 19.9 Å². The molecule has 0 unspecified atom stereocenters. The van der Waals surface area contributed by atoms with Crippen molar-refractivity contribution in [3.8, 4) is 125 Å². The molecule has 4 heterocycles. The zero-order valence-electron chi connectivity index (χ0n) is 48.8. The van der Waals surface area contributed by atoms with E-state index in [2.05, 4.69) is 228 Å². The summed E-state index contributed by atoms with van der Waals surface area (Å²) in [6.07, 6.45) is 0. The first kappa shape index (κ1) is 51.8. The van der Waals surface area contributed by atoms with Gasteiger partial charge >= 0.3 is 0 Å². The van der Waals surface area contributed by atoms with Gasteiger partial charge in [0, 0.05) is 33.4 Å². The molecule has 0 N–H and O–H groups in total. The molecule has 0 fully saturated rings. The third kappa shape index (κ3) is 8.41. The maximum absolute atomic E-state index is 5.52. The lowest BCUT2D eigenvalue weighted by Crippen LogP contribution is -2.26. The molecule has 10 heteroatoms. The van der Waals surface area contributed by atoms with Gasteiger partial charge in [0.25, 0.3) is 0 Å². The van der Waals surface area contributed by atoms with Crippen molar-refractivity contribution < 1.29 is 0 Å². The van der Waals surface area contributed by atoms with E-state index in [-0.39, 0.29) is 0 Å². The fourth-order valence-electron chi connectivity index (χ4n) is 13.8. The number of hydrogen-bond acceptors (Lipinski definition) is 8. The van der Waals surface area contributed by atoms with Gasteiger partial charge in [0.2, 0.25) is 11.9 Å². The number of hydrogen-bond donors (Lipinski definition) is 0. The summed E-state index contributed by atoms with van der Waals surface area (Å²) in [7, 11) is 0. The van der Waals surface area contributed by atoms with Crippen LogP contribution in [0.15, 0.2) is 303 Å². The Balaban J connectivity index is 0.834. The van der Waals surface area contributed by atoms with E-state index in [1.807, 2.05) is 84.9 Å². The summed E-state index contributed by atoms with van der Waals surface area (Å²) < 4.78 is 4.17. The zero-order valence-corrected chi connectivity index (χ0v) is 48.8. The molecule has 0 amide bonds. The predicted octanol–water partition coefficient (Wildman–Crippen LogP) is 18.4. The molecule has 1 spiro atoms. The fraction of sp³-hybridized carbons (Fsp3) is 0.0123. The van der Waals surface area contributed by atoms with Crippen LogP contribution in [-0.4, -0.2) is 49.0 Å². The van der Waals surface area contributed by atoms with E-state index >= 15 is 0 Å². The van der Waals surface area contributed by atoms with Gasteiger partial charge in [0.1, 0.15) is 11.6 Å². The minimum atomic E-state index is -0.783. The van der Waals surface area contributed by atoms with Crippen molar-refractivity contribution in [2.24, 2.45) is 0 Å². The van der Waals surface area contributed by atoms with E-state index in [0.717, 1.165) is 123 Å². The van der Waals surface area contributed by atoms with Gasteiger partial charge in [-0.05, 0) is 115 Å². The molecule has 2 aliphatic rings. The van der Waals surface area contributed by atoms with Crippen LogP contribution < -0.4 is 0 Å². The van der Waals surface area contributed by atoms with E-state index in [1.54, 1.807) is 0 Å². The molecule has 0 aliphatic heterocycles. The second kappa shape index (κ2) is 20.9. The van der Waals surface area contributed by atoms with Crippen molar-refractivity contribution in [3.05, 3.63) is 326 Å². The van der Waals surface area contributed by atoms with Crippen molar-refractivity contribution in [3.63, 3.8) is 0 Å². The van der Waals surface area contributed by atoms with Crippen LogP contribution in [0, 0.1) is 0 Å². The number of para-hydroxylation sites is 4. The van der Waals surface area contributed by atoms with Crippen molar-refractivity contribution in [1.82, 2.24) is 49.0 Å². The Morgan fingerprint density at radius 2 is 0.538 bits per heavy atom. The quantitative estimate of drug-likeness (QED) is 0.133. The highest BCUT2D eigenvalue weighted by atomic mass is 15.2. The van der Waals surface area contributed by atoms with Gasteiger partial charge in [0.15, 0.2) is 23.3 Å². The lowest BCUT2D eigenvalue weighted by Gasteiger charge is -2.31. The molecule has 4 aromatic heterocycles. The average molecular weight is 1160 g/mol. The smallest absolute Gasteiger partial charge is 0.240 e. The zero-order chi connectivity index (χ0) is 60.0. The molecule has 18 rings (SSSR count). The highest BCUT2D eigenvalue weighted by Crippen LogP contribution is 2.63. The van der Waals surface area contributed by atoms with Crippen molar-refractivity contribution in [2.75, 3.05) is 0 Å². The van der Waals surface area contributed by atoms with Crippen LogP contribution in [0.1, 0.15) is 22.3 Å². The minimum Gasteiger partial charge on any atom is -0.260 e. The summed E-state index contributed by atoms with van der Waals surface area (Å²) in [4.78, 5) is 43.1. The number of imidazole rings is 2. The largest absolute Gasteiger partial charge is 0.260 e. The van der Waals surface area contributed by atoms with Crippen LogP contribution in [0.2, 0.25) is 0 Å². The average Bonchev–Trinajstić information content (AvgIpc) is 1.52. The Morgan fingerprint density at radius 3 is 0.967 bits per heavy atom. The normalized spacial score (nSPS) is 12.5. The molecule has 91 heavy (non-hydrogen) atoms. The number of rotatable bonds is 10. The van der Waals surface area contributed by atoms with Gasteiger partial charge in [0.05, 0.1) is 27.5 Å². The first-order chi connectivity index (χ1) is 45.1. The van der Waals surface area contributed by atoms with Crippen LogP contribution in [0.4, 0.5) is 0 Å². The van der Waals surface area contributed by atoms with E-state index in [0.29, 0.717) is 35.2 Å². The topological polar surface area (TPSA) is 113 Å². The summed E-state index contributed by atoms with van der Waals surface area (Å²) in [6, 6.07) is 106. The Bertz CT molecular complexity index is 5200. The molecule has 0 atom stereocenters. The predicted molar refractivity (Wildman–Crippen MR) is 362 cm³/mol. The lowest BCUT2D eigenvalue weighted by molar-refractivity contribution is 0.793. The van der Waals surface area contributed by atoms with E-state index in [1.165, 1.54) is 11.1 Å². The lowest BCUT2D eigenvalue weighted by atomic mass is 9.70. The van der Waals surface area contributed by atoms with Crippen LogP contribution in [0.25, 0.3) is 147 Å². The van der Waals surface area contributed by atoms with Gasteiger partial charge in [-0.15, -0.1) is 0 Å². The van der Waals surface area contributed by atoms with Gasteiger partial charge in [-0.1, -0.05) is 255 Å². The third-order valence-electron chi connectivity index (χ3n) is 17.9. The van der Waals surface area contributed by atoms with E-state index < -0.39 is 5.41 Å². The first-order valence-electron chi connectivity index (χ1n) is 30.5. The summed E-state index contributed by atoms with van der Waals surface area (Å²) in [5.74, 6) is 4.52. The molecular formula is C81H50N10. The van der Waals surface area contributed by atoms with E-state index in [4.69, 9.17) is 39.9 Å². The Labute approximate surface area is 523 Å². The monoisotopic (exact) mass is 1160 g/mol. The summed E-state index contributed by atoms with van der Waals surface area (Å²) >= 11 is 0. The second-order valence-electron chi connectivity index (χ2n) is 23.1. The summed E-state index contributed by atoms with van der Waals surface area (Å²) in [6.45, 7) is 0. The van der Waals surface area contributed by atoms with Gasteiger partial charge in [-0.2, -0.15) is 19.9 Å². The SMILES string of the molecule is c1ccc(-c2cccc(-c3nc4ccccc4n3-c3nc(-c4ccccc4)nc(-c4ccc5c(c4)C4(c6ccccc6-5)c5ccccc5-c5ccc(-c6nc(-c7ccccc7)nc(-n7c(-c8cccc(-c9ccccc9)c8)nc8ccccc87)n6)cc54)n3)c2)cc1. The maximum atomic E-state index is 5.52. The molecule has 424 valence electrons. The van der Waals surface area contributed by atoms with E-state index in [9.17, 15) is 0 Å². The minimum absolute atomic E-state index is 0.459. The Hall–Kier alpha value is -12.4. The Morgan fingerprint density at radius 1 is 0.209 bits per heavy atom. The molecule has 0 bridgehead atoms. The standard InChI is InChI=1S/C81H50N10/c1-5-23-51(24-6-1)55-31-21-33-59(47-55)77-82-69-39-17-19-41-71(69)90(77)79-86-73(53-27-9-3-10-28-53)84-75(88-79)57-43-45-63-61-35-13-15-37-65(61)81(67(63)49-57)66-38-16-14-36-62(66)64-46-44-58(50-68(64)81)76-85-74(54-29-11-4-12-30-54)87-80(89-76)91-72-42-20-18-40-70(72)83-78(91)60-34-22-32-56(48-60)52-25-7-2-8-26-52/h1-50H. The fourth-order valence-corrected chi connectivity index (χ4v) is 13.8. The van der Waals surface area contributed by atoms with Crippen LogP contribution in [-0.2, 0) is 5.41 Å². The molecule has 12 aromatic carbocycles. The number of fused-ring (bicyclic) bond motifs is 12. The number of aromatic nitrogens is 10. The third-order valence-corrected chi connectivity index (χ3v) is 17.9. The molecule has 16 aromatic rings.